The molecule has 5 aromatic rings. The Balaban J connectivity index is 1.86. The number of hydrogen-bond acceptors (Lipinski definition) is 5. The fourth-order valence-corrected chi connectivity index (χ4v) is 4.43. The lowest BCUT2D eigenvalue weighted by molar-refractivity contribution is 0.463. The van der Waals surface area contributed by atoms with Gasteiger partial charge in [-0.15, -0.1) is 0 Å². The highest BCUT2D eigenvalue weighted by Gasteiger charge is 2.28. The predicted molar refractivity (Wildman–Crippen MR) is 122 cm³/mol. The van der Waals surface area contributed by atoms with E-state index < -0.39 is 5.92 Å². The topological polar surface area (TPSA) is 79.1 Å². The van der Waals surface area contributed by atoms with Gasteiger partial charge in [-0.3, -0.25) is 15.0 Å². The lowest BCUT2D eigenvalue weighted by Gasteiger charge is -2.22. The molecule has 0 atom stereocenters. The maximum atomic E-state index is 11.2. The molecule has 5 rings (SSSR count). The molecule has 0 aliphatic carbocycles. The third kappa shape index (κ3) is 3.23. The summed E-state index contributed by atoms with van der Waals surface area (Å²) >= 11 is 13.1. The van der Waals surface area contributed by atoms with E-state index in [0.717, 1.165) is 0 Å². The Hall–Kier alpha value is -3.41. The molecule has 0 amide bonds. The third-order valence-electron chi connectivity index (χ3n) is 5.30. The number of phenols is 2. The Bertz CT molecular complexity index is 1350. The summed E-state index contributed by atoms with van der Waals surface area (Å²) in [6.07, 6.45) is 4.83. The number of rotatable bonds is 3. The maximum absolute atomic E-state index is 11.2. The summed E-state index contributed by atoms with van der Waals surface area (Å²) in [5.41, 5.74) is 2.25. The van der Waals surface area contributed by atoms with Crippen molar-refractivity contribution in [3.63, 3.8) is 0 Å². The molecule has 0 aliphatic rings. The fourth-order valence-electron chi connectivity index (χ4n) is 3.89. The predicted octanol–water partition coefficient (Wildman–Crippen LogP) is 6.08. The highest BCUT2D eigenvalue weighted by molar-refractivity contribution is 6.36. The van der Waals surface area contributed by atoms with Crippen molar-refractivity contribution in [2.45, 2.75) is 5.92 Å². The standard InChI is InChI=1S/C24H15Cl2N3O2/c25-17-11-15(23(30)21-13(17)5-3-9-28-21)20(19-7-1-2-8-27-19)16-12-18(26)14-6-4-10-29-22(14)24(16)31/h1-12,20,30-31H. The van der Waals surface area contributed by atoms with Crippen LogP contribution < -0.4 is 0 Å². The van der Waals surface area contributed by atoms with Crippen LogP contribution in [0.3, 0.4) is 0 Å². The number of nitrogens with zero attached hydrogens (tertiary/aromatic N) is 3. The van der Waals surface area contributed by atoms with E-state index in [-0.39, 0.29) is 11.5 Å². The Labute approximate surface area is 187 Å². The van der Waals surface area contributed by atoms with Crippen molar-refractivity contribution in [1.82, 2.24) is 15.0 Å². The van der Waals surface area contributed by atoms with Gasteiger partial charge in [0.1, 0.15) is 22.5 Å². The van der Waals surface area contributed by atoms with Crippen LogP contribution in [-0.4, -0.2) is 25.2 Å². The average molecular weight is 448 g/mol. The Morgan fingerprint density at radius 2 is 1.16 bits per heavy atom. The Kier molecular flexibility index (Phi) is 4.85. The van der Waals surface area contributed by atoms with E-state index in [4.69, 9.17) is 23.2 Å². The van der Waals surface area contributed by atoms with Gasteiger partial charge in [0.15, 0.2) is 0 Å². The molecule has 0 unspecified atom stereocenters. The summed E-state index contributed by atoms with van der Waals surface area (Å²) in [4.78, 5) is 13.1. The van der Waals surface area contributed by atoms with Gasteiger partial charge in [-0.25, -0.2) is 0 Å². The van der Waals surface area contributed by atoms with Gasteiger partial charge in [0.05, 0.1) is 21.7 Å². The van der Waals surface area contributed by atoms with E-state index in [9.17, 15) is 10.2 Å². The lowest BCUT2D eigenvalue weighted by Crippen LogP contribution is -2.07. The van der Waals surface area contributed by atoms with Gasteiger partial charge in [-0.2, -0.15) is 0 Å². The molecule has 0 spiro atoms. The lowest BCUT2D eigenvalue weighted by atomic mass is 9.85. The molecule has 152 valence electrons. The third-order valence-corrected chi connectivity index (χ3v) is 5.92. The first-order valence-electron chi connectivity index (χ1n) is 9.49. The number of benzene rings is 2. The molecule has 0 bridgehead atoms. The zero-order chi connectivity index (χ0) is 21.5. The van der Waals surface area contributed by atoms with Crippen molar-refractivity contribution >= 4 is 45.0 Å². The molecular weight excluding hydrogens is 433 g/mol. The number of aromatic hydroxyl groups is 2. The number of fused-ring (bicyclic) bond motifs is 2. The van der Waals surface area contributed by atoms with Crippen molar-refractivity contribution in [3.8, 4) is 11.5 Å². The van der Waals surface area contributed by atoms with E-state index >= 15 is 0 Å². The normalized spacial score (nSPS) is 11.5. The molecule has 0 aliphatic heterocycles. The van der Waals surface area contributed by atoms with Crippen molar-refractivity contribution in [2.24, 2.45) is 0 Å². The summed E-state index contributed by atoms with van der Waals surface area (Å²) < 4.78 is 0. The van der Waals surface area contributed by atoms with Gasteiger partial charge >= 0.3 is 0 Å². The van der Waals surface area contributed by atoms with Gasteiger partial charge in [0.25, 0.3) is 0 Å². The summed E-state index contributed by atoms with van der Waals surface area (Å²) in [5, 5.41) is 24.5. The molecule has 3 heterocycles. The SMILES string of the molecule is Oc1c(C(c2ccccn2)c2cc(Cl)c3cccnc3c2O)cc(Cl)c2cccnc12. The molecule has 0 fully saturated rings. The summed E-state index contributed by atoms with van der Waals surface area (Å²) in [7, 11) is 0. The average Bonchev–Trinajstić information content (AvgIpc) is 2.81. The van der Waals surface area contributed by atoms with Crippen LogP contribution >= 0.6 is 23.2 Å². The van der Waals surface area contributed by atoms with Gasteiger partial charge in [0, 0.05) is 40.5 Å². The largest absolute Gasteiger partial charge is 0.505 e. The monoisotopic (exact) mass is 447 g/mol. The fraction of sp³-hybridized carbons (Fsp3) is 0.0417. The van der Waals surface area contributed by atoms with Crippen LogP contribution in [0.2, 0.25) is 10.0 Å². The molecule has 5 nitrogen and oxygen atoms in total. The van der Waals surface area contributed by atoms with Crippen LogP contribution in [-0.2, 0) is 0 Å². The van der Waals surface area contributed by atoms with Crippen LogP contribution in [0.15, 0.2) is 73.2 Å². The van der Waals surface area contributed by atoms with Gasteiger partial charge < -0.3 is 10.2 Å². The van der Waals surface area contributed by atoms with E-state index in [1.165, 1.54) is 0 Å². The molecule has 0 saturated carbocycles. The molecule has 2 N–H and O–H groups in total. The van der Waals surface area contributed by atoms with E-state index in [1.807, 2.05) is 12.1 Å². The minimum atomic E-state index is -0.658. The smallest absolute Gasteiger partial charge is 0.146 e. The second kappa shape index (κ2) is 7.69. The number of halogens is 2. The van der Waals surface area contributed by atoms with Crippen LogP contribution in [0.4, 0.5) is 0 Å². The van der Waals surface area contributed by atoms with E-state index in [1.54, 1.807) is 61.1 Å². The summed E-state index contributed by atoms with van der Waals surface area (Å²) in [5.74, 6) is -0.728. The molecule has 31 heavy (non-hydrogen) atoms. The number of phenolic OH excluding ortho intramolecular Hbond substituents is 2. The van der Waals surface area contributed by atoms with Crippen molar-refractivity contribution in [1.29, 1.82) is 0 Å². The number of pyridine rings is 3. The molecule has 7 heteroatoms. The number of aromatic nitrogens is 3. The van der Waals surface area contributed by atoms with Crippen LogP contribution in [0, 0.1) is 0 Å². The van der Waals surface area contributed by atoms with Gasteiger partial charge in [0.2, 0.25) is 0 Å². The minimum Gasteiger partial charge on any atom is -0.505 e. The minimum absolute atomic E-state index is 0.0349. The van der Waals surface area contributed by atoms with E-state index in [0.29, 0.717) is 48.7 Å². The van der Waals surface area contributed by atoms with Crippen molar-refractivity contribution in [3.05, 3.63) is 100 Å². The first-order valence-corrected chi connectivity index (χ1v) is 10.2. The zero-order valence-corrected chi connectivity index (χ0v) is 17.5. The Morgan fingerprint density at radius 1 is 0.645 bits per heavy atom. The molecule has 3 aromatic heterocycles. The first kappa shape index (κ1) is 19.5. The van der Waals surface area contributed by atoms with Crippen LogP contribution in [0.5, 0.6) is 11.5 Å². The second-order valence-electron chi connectivity index (χ2n) is 7.08. The van der Waals surface area contributed by atoms with Gasteiger partial charge in [-0.1, -0.05) is 29.3 Å². The van der Waals surface area contributed by atoms with Crippen molar-refractivity contribution in [2.75, 3.05) is 0 Å². The van der Waals surface area contributed by atoms with Crippen molar-refractivity contribution < 1.29 is 10.2 Å². The highest BCUT2D eigenvalue weighted by atomic mass is 35.5. The van der Waals surface area contributed by atoms with Gasteiger partial charge in [-0.05, 0) is 48.5 Å². The molecule has 2 aromatic carbocycles. The first-order chi connectivity index (χ1) is 15.1. The maximum Gasteiger partial charge on any atom is 0.146 e. The molecule has 0 radical (unpaired) electrons. The zero-order valence-electron chi connectivity index (χ0n) is 16.0. The van der Waals surface area contributed by atoms with E-state index in [2.05, 4.69) is 15.0 Å². The number of hydrogen-bond donors (Lipinski definition) is 2. The van der Waals surface area contributed by atoms with Crippen LogP contribution in [0.1, 0.15) is 22.7 Å². The summed E-state index contributed by atoms with van der Waals surface area (Å²) in [6.45, 7) is 0. The summed E-state index contributed by atoms with van der Waals surface area (Å²) in [6, 6.07) is 15.9. The highest BCUT2D eigenvalue weighted by Crippen LogP contribution is 2.46. The molecule has 0 saturated heterocycles. The second-order valence-corrected chi connectivity index (χ2v) is 7.89. The molecular formula is C24H15Cl2N3O2. The van der Waals surface area contributed by atoms with Crippen LogP contribution in [0.25, 0.3) is 21.8 Å². The Morgan fingerprint density at radius 3 is 1.65 bits per heavy atom. The quantitative estimate of drug-likeness (QED) is 0.350.